The summed E-state index contributed by atoms with van der Waals surface area (Å²) in [6.07, 6.45) is -0.350. The number of carbonyl (C=O) groups excluding carboxylic acids is 2. The Bertz CT molecular complexity index is 567. The van der Waals surface area contributed by atoms with Crippen LogP contribution in [0.4, 0.5) is 4.79 Å². The maximum atomic E-state index is 12.4. The highest BCUT2D eigenvalue weighted by molar-refractivity contribution is 5.82. The van der Waals surface area contributed by atoms with E-state index in [9.17, 15) is 9.59 Å². The minimum Gasteiger partial charge on any atom is -0.467 e. The second-order valence-corrected chi connectivity index (χ2v) is 6.82. The number of methoxy groups -OCH3 is 1. The summed E-state index contributed by atoms with van der Waals surface area (Å²) in [5, 5.41) is 0. The number of rotatable bonds is 4. The van der Waals surface area contributed by atoms with E-state index in [1.807, 2.05) is 51.1 Å². The molecule has 0 N–H and O–H groups in total. The number of esters is 1. The lowest BCUT2D eigenvalue weighted by Gasteiger charge is -2.24. The summed E-state index contributed by atoms with van der Waals surface area (Å²) in [6.45, 7) is 6.29. The maximum absolute atomic E-state index is 12.4. The zero-order valence-electron chi connectivity index (χ0n) is 14.7. The first-order chi connectivity index (χ1) is 11.3. The van der Waals surface area contributed by atoms with E-state index < -0.39 is 18.1 Å². The van der Waals surface area contributed by atoms with Crippen LogP contribution in [0.25, 0.3) is 0 Å². The Morgan fingerprint density at radius 1 is 1.21 bits per heavy atom. The molecule has 132 valence electrons. The van der Waals surface area contributed by atoms with Crippen LogP contribution < -0.4 is 0 Å². The highest BCUT2D eigenvalue weighted by atomic mass is 16.6. The number of hydrogen-bond acceptors (Lipinski definition) is 5. The Hall–Kier alpha value is -2.08. The van der Waals surface area contributed by atoms with Gasteiger partial charge in [-0.1, -0.05) is 30.3 Å². The standard InChI is InChI=1S/C18H25NO5/c1-18(2,3)24-14-10-15(16(20)22-4)19(11-14)17(21)23-12-13-8-6-5-7-9-13/h5-9,14-15H,10-12H2,1-4H3. The molecule has 0 saturated carbocycles. The topological polar surface area (TPSA) is 65.1 Å². The van der Waals surface area contributed by atoms with E-state index in [0.29, 0.717) is 13.0 Å². The van der Waals surface area contributed by atoms with Gasteiger partial charge in [-0.05, 0) is 26.3 Å². The summed E-state index contributed by atoms with van der Waals surface area (Å²) in [5.41, 5.74) is 0.539. The number of nitrogens with zero attached hydrogens (tertiary/aromatic N) is 1. The quantitative estimate of drug-likeness (QED) is 0.792. The number of carbonyl (C=O) groups is 2. The molecule has 1 amide bonds. The van der Waals surface area contributed by atoms with Crippen LogP contribution in [0.3, 0.4) is 0 Å². The molecule has 6 heteroatoms. The maximum Gasteiger partial charge on any atom is 0.410 e. The van der Waals surface area contributed by atoms with Crippen molar-refractivity contribution in [2.24, 2.45) is 0 Å². The fraction of sp³-hybridized carbons (Fsp3) is 0.556. The molecule has 0 radical (unpaired) electrons. The van der Waals surface area contributed by atoms with Crippen molar-refractivity contribution in [3.05, 3.63) is 35.9 Å². The molecule has 1 heterocycles. The molecule has 2 rings (SSSR count). The van der Waals surface area contributed by atoms with E-state index >= 15 is 0 Å². The minimum atomic E-state index is -0.675. The molecule has 1 saturated heterocycles. The van der Waals surface area contributed by atoms with Gasteiger partial charge in [0.1, 0.15) is 12.6 Å². The largest absolute Gasteiger partial charge is 0.467 e. The van der Waals surface area contributed by atoms with E-state index in [0.717, 1.165) is 5.56 Å². The highest BCUT2D eigenvalue weighted by Gasteiger charge is 2.42. The van der Waals surface area contributed by atoms with Gasteiger partial charge in [0.2, 0.25) is 0 Å². The van der Waals surface area contributed by atoms with Gasteiger partial charge < -0.3 is 14.2 Å². The first-order valence-electron chi connectivity index (χ1n) is 8.03. The Labute approximate surface area is 142 Å². The molecule has 1 aromatic carbocycles. The zero-order valence-corrected chi connectivity index (χ0v) is 14.7. The van der Waals surface area contributed by atoms with Gasteiger partial charge in [0.05, 0.1) is 25.4 Å². The van der Waals surface area contributed by atoms with E-state index in [-0.39, 0.29) is 18.3 Å². The SMILES string of the molecule is COC(=O)C1CC(OC(C)(C)C)CN1C(=O)OCc1ccccc1. The summed E-state index contributed by atoms with van der Waals surface area (Å²) < 4.78 is 16.1. The lowest BCUT2D eigenvalue weighted by molar-refractivity contribution is -0.145. The third kappa shape index (κ3) is 4.96. The van der Waals surface area contributed by atoms with Gasteiger partial charge in [-0.2, -0.15) is 0 Å². The van der Waals surface area contributed by atoms with Gasteiger partial charge in [0.15, 0.2) is 0 Å². The molecule has 1 aliphatic rings. The molecule has 0 bridgehead atoms. The molecule has 0 aromatic heterocycles. The van der Waals surface area contributed by atoms with Crippen molar-refractivity contribution in [3.63, 3.8) is 0 Å². The Morgan fingerprint density at radius 2 is 1.88 bits per heavy atom. The second kappa shape index (κ2) is 7.66. The summed E-state index contributed by atoms with van der Waals surface area (Å²) in [5.74, 6) is -0.452. The van der Waals surface area contributed by atoms with Crippen LogP contribution in [0.15, 0.2) is 30.3 Å². The third-order valence-electron chi connectivity index (χ3n) is 3.70. The molecule has 24 heavy (non-hydrogen) atoms. The predicted octanol–water partition coefficient (Wildman–Crippen LogP) is 2.75. The van der Waals surface area contributed by atoms with Crippen LogP contribution in [0.1, 0.15) is 32.8 Å². The van der Waals surface area contributed by atoms with Crippen molar-refractivity contribution in [2.45, 2.75) is 51.5 Å². The summed E-state index contributed by atoms with van der Waals surface area (Å²) in [7, 11) is 1.31. The van der Waals surface area contributed by atoms with Gasteiger partial charge in [-0.15, -0.1) is 0 Å². The highest BCUT2D eigenvalue weighted by Crippen LogP contribution is 2.26. The molecule has 6 nitrogen and oxygen atoms in total. The third-order valence-corrected chi connectivity index (χ3v) is 3.70. The van der Waals surface area contributed by atoms with E-state index in [2.05, 4.69) is 0 Å². The number of hydrogen-bond donors (Lipinski definition) is 0. The van der Waals surface area contributed by atoms with Gasteiger partial charge in [0.25, 0.3) is 0 Å². The predicted molar refractivity (Wildman–Crippen MR) is 88.4 cm³/mol. The van der Waals surface area contributed by atoms with Gasteiger partial charge in [-0.3, -0.25) is 4.90 Å². The van der Waals surface area contributed by atoms with Gasteiger partial charge in [0, 0.05) is 6.42 Å². The molecular formula is C18H25NO5. The first kappa shape index (κ1) is 18.3. The molecule has 2 atom stereocenters. The molecule has 1 fully saturated rings. The molecule has 1 aromatic rings. The minimum absolute atomic E-state index is 0.162. The summed E-state index contributed by atoms with van der Waals surface area (Å²) >= 11 is 0. The average Bonchev–Trinajstić information content (AvgIpc) is 2.94. The van der Waals surface area contributed by atoms with Gasteiger partial charge in [-0.25, -0.2) is 9.59 Å². The number of benzene rings is 1. The molecule has 0 spiro atoms. The van der Waals surface area contributed by atoms with Crippen molar-refractivity contribution >= 4 is 12.1 Å². The van der Waals surface area contributed by atoms with E-state index in [1.165, 1.54) is 12.0 Å². The number of amides is 1. The molecule has 1 aliphatic heterocycles. The lowest BCUT2D eigenvalue weighted by Crippen LogP contribution is -2.41. The number of likely N-dealkylation sites (tertiary alicyclic amines) is 1. The van der Waals surface area contributed by atoms with Crippen molar-refractivity contribution in [1.29, 1.82) is 0 Å². The van der Waals surface area contributed by atoms with Crippen molar-refractivity contribution in [2.75, 3.05) is 13.7 Å². The first-order valence-corrected chi connectivity index (χ1v) is 8.03. The van der Waals surface area contributed by atoms with E-state index in [4.69, 9.17) is 14.2 Å². The molecule has 2 unspecified atom stereocenters. The van der Waals surface area contributed by atoms with Crippen LogP contribution >= 0.6 is 0 Å². The van der Waals surface area contributed by atoms with E-state index in [1.54, 1.807) is 0 Å². The smallest absolute Gasteiger partial charge is 0.410 e. The van der Waals surface area contributed by atoms with Crippen molar-refractivity contribution < 1.29 is 23.8 Å². The van der Waals surface area contributed by atoms with Crippen molar-refractivity contribution in [1.82, 2.24) is 4.90 Å². The zero-order chi connectivity index (χ0) is 17.7. The van der Waals surface area contributed by atoms with Crippen molar-refractivity contribution in [3.8, 4) is 0 Å². The van der Waals surface area contributed by atoms with Crippen LogP contribution in [-0.2, 0) is 25.6 Å². The van der Waals surface area contributed by atoms with Crippen LogP contribution in [-0.4, -0.2) is 48.4 Å². The fourth-order valence-electron chi connectivity index (χ4n) is 2.75. The van der Waals surface area contributed by atoms with Gasteiger partial charge >= 0.3 is 12.1 Å². The Kier molecular flexibility index (Phi) is 5.83. The average molecular weight is 335 g/mol. The summed E-state index contributed by atoms with van der Waals surface area (Å²) in [4.78, 5) is 25.8. The Balaban J connectivity index is 2.01. The number of ether oxygens (including phenoxy) is 3. The monoisotopic (exact) mass is 335 g/mol. The lowest BCUT2D eigenvalue weighted by atomic mass is 10.1. The van der Waals surface area contributed by atoms with Crippen LogP contribution in [0.2, 0.25) is 0 Å². The van der Waals surface area contributed by atoms with Crippen LogP contribution in [0, 0.1) is 0 Å². The Morgan fingerprint density at radius 3 is 2.46 bits per heavy atom. The summed E-state index contributed by atoms with van der Waals surface area (Å²) in [6, 6.07) is 8.73. The second-order valence-electron chi connectivity index (χ2n) is 6.82. The van der Waals surface area contributed by atoms with Crippen LogP contribution in [0.5, 0.6) is 0 Å². The normalized spacial score (nSPS) is 20.8. The molecular weight excluding hydrogens is 310 g/mol. The fourth-order valence-corrected chi connectivity index (χ4v) is 2.75. The molecule has 0 aliphatic carbocycles.